The Labute approximate surface area is 149 Å². The summed E-state index contributed by atoms with van der Waals surface area (Å²) in [5.41, 5.74) is 1.51. The number of nitriles is 1. The molecule has 1 N–H and O–H groups in total. The maximum absolute atomic E-state index is 11.8. The van der Waals surface area contributed by atoms with Crippen molar-refractivity contribution in [3.63, 3.8) is 0 Å². The maximum Gasteiger partial charge on any atom is 0.344 e. The van der Waals surface area contributed by atoms with Gasteiger partial charge in [0.05, 0.1) is 11.3 Å². The largest absolute Gasteiger partial charge is 0.482 e. The van der Waals surface area contributed by atoms with Crippen LogP contribution in [-0.4, -0.2) is 25.1 Å². The summed E-state index contributed by atoms with van der Waals surface area (Å²) in [6.45, 7) is 1.02. The van der Waals surface area contributed by atoms with Crippen LogP contribution in [0.2, 0.25) is 5.02 Å². The zero-order valence-electron chi connectivity index (χ0n) is 13.4. The number of anilines is 1. The zero-order chi connectivity index (χ0) is 18.2. The lowest BCUT2D eigenvalue weighted by atomic mass is 10.2. The average molecular weight is 359 g/mol. The van der Waals surface area contributed by atoms with Crippen LogP contribution < -0.4 is 10.1 Å². The van der Waals surface area contributed by atoms with E-state index >= 15 is 0 Å². The lowest BCUT2D eigenvalue weighted by molar-refractivity contribution is -0.149. The quantitative estimate of drug-likeness (QED) is 0.801. The summed E-state index contributed by atoms with van der Waals surface area (Å²) in [6.07, 6.45) is 0. The number of carbonyl (C=O) groups is 2. The van der Waals surface area contributed by atoms with Crippen LogP contribution in [0.25, 0.3) is 0 Å². The van der Waals surface area contributed by atoms with Gasteiger partial charge in [-0.15, -0.1) is 0 Å². The first-order valence-corrected chi connectivity index (χ1v) is 7.71. The summed E-state index contributed by atoms with van der Waals surface area (Å²) in [5, 5.41) is 12.1. The molecule has 128 valence electrons. The van der Waals surface area contributed by atoms with Crippen LogP contribution in [0.1, 0.15) is 11.1 Å². The number of rotatable bonds is 6. The standard InChI is InChI=1S/C18H15ClN2O4/c1-12-8-14(6-7-15(12)19)24-11-18(23)25-10-17(22)21-16-5-3-2-4-13(16)9-20/h2-8H,10-11H2,1H3,(H,21,22). The molecule has 2 aromatic rings. The second kappa shape index (κ2) is 8.71. The van der Waals surface area contributed by atoms with E-state index < -0.39 is 18.5 Å². The topological polar surface area (TPSA) is 88.4 Å². The highest BCUT2D eigenvalue weighted by atomic mass is 35.5. The lowest BCUT2D eigenvalue weighted by Crippen LogP contribution is -2.24. The summed E-state index contributed by atoms with van der Waals surface area (Å²) in [7, 11) is 0. The number of carbonyl (C=O) groups excluding carboxylic acids is 2. The fourth-order valence-electron chi connectivity index (χ4n) is 1.91. The molecule has 1 amide bonds. The van der Waals surface area contributed by atoms with Gasteiger partial charge in [-0.1, -0.05) is 23.7 Å². The van der Waals surface area contributed by atoms with Crippen molar-refractivity contribution >= 4 is 29.2 Å². The Hall–Kier alpha value is -3.04. The normalized spacial score (nSPS) is 9.80. The van der Waals surface area contributed by atoms with Gasteiger partial charge in [0.1, 0.15) is 11.8 Å². The molecule has 7 heteroatoms. The molecule has 0 atom stereocenters. The van der Waals surface area contributed by atoms with Gasteiger partial charge in [0.2, 0.25) is 0 Å². The van der Waals surface area contributed by atoms with Crippen molar-refractivity contribution < 1.29 is 19.1 Å². The molecule has 0 aliphatic rings. The maximum atomic E-state index is 11.8. The number of esters is 1. The van der Waals surface area contributed by atoms with Crippen LogP contribution in [0.3, 0.4) is 0 Å². The van der Waals surface area contributed by atoms with E-state index in [2.05, 4.69) is 5.32 Å². The number of benzene rings is 2. The predicted octanol–water partition coefficient (Wildman–Crippen LogP) is 3.08. The summed E-state index contributed by atoms with van der Waals surface area (Å²) < 4.78 is 10.1. The molecule has 0 saturated carbocycles. The van der Waals surface area contributed by atoms with E-state index in [1.54, 1.807) is 42.5 Å². The first-order chi connectivity index (χ1) is 12.0. The number of nitrogens with zero attached hydrogens (tertiary/aromatic N) is 1. The molecule has 0 heterocycles. The van der Waals surface area contributed by atoms with Crippen LogP contribution in [0.4, 0.5) is 5.69 Å². The SMILES string of the molecule is Cc1cc(OCC(=O)OCC(=O)Nc2ccccc2C#N)ccc1Cl. The molecule has 0 aliphatic heterocycles. The molecule has 2 rings (SSSR count). The first-order valence-electron chi connectivity index (χ1n) is 7.33. The third kappa shape index (κ3) is 5.52. The van der Waals surface area contributed by atoms with E-state index in [0.29, 0.717) is 22.0 Å². The molecule has 25 heavy (non-hydrogen) atoms. The van der Waals surface area contributed by atoms with E-state index in [1.165, 1.54) is 0 Å². The molecular formula is C18H15ClN2O4. The highest BCUT2D eigenvalue weighted by Gasteiger charge is 2.11. The number of aryl methyl sites for hydroxylation is 1. The van der Waals surface area contributed by atoms with Crippen molar-refractivity contribution in [1.29, 1.82) is 5.26 Å². The number of nitrogens with one attached hydrogen (secondary N) is 1. The van der Waals surface area contributed by atoms with Crippen molar-refractivity contribution in [3.05, 3.63) is 58.6 Å². The summed E-state index contributed by atoms with van der Waals surface area (Å²) in [6, 6.07) is 13.5. The smallest absolute Gasteiger partial charge is 0.344 e. The molecule has 0 unspecified atom stereocenters. The lowest BCUT2D eigenvalue weighted by Gasteiger charge is -2.09. The molecule has 0 spiro atoms. The molecule has 2 aromatic carbocycles. The second-order valence-corrected chi connectivity index (χ2v) is 5.47. The Morgan fingerprint density at radius 3 is 2.68 bits per heavy atom. The fourth-order valence-corrected chi connectivity index (χ4v) is 2.03. The monoisotopic (exact) mass is 358 g/mol. The van der Waals surface area contributed by atoms with Crippen LogP contribution in [0.15, 0.2) is 42.5 Å². The number of hydrogen-bond acceptors (Lipinski definition) is 5. The van der Waals surface area contributed by atoms with Crippen molar-refractivity contribution in [2.24, 2.45) is 0 Å². The van der Waals surface area contributed by atoms with Crippen molar-refractivity contribution in [1.82, 2.24) is 0 Å². The summed E-state index contributed by atoms with van der Waals surface area (Å²) in [5.74, 6) is -0.749. The van der Waals surface area contributed by atoms with Crippen LogP contribution in [-0.2, 0) is 14.3 Å². The fraction of sp³-hybridized carbons (Fsp3) is 0.167. The van der Waals surface area contributed by atoms with Crippen LogP contribution in [0.5, 0.6) is 5.75 Å². The Kier molecular flexibility index (Phi) is 6.38. The van der Waals surface area contributed by atoms with Crippen molar-refractivity contribution in [2.45, 2.75) is 6.92 Å². The average Bonchev–Trinajstić information content (AvgIpc) is 2.61. The molecule has 0 saturated heterocycles. The third-order valence-corrected chi connectivity index (χ3v) is 3.60. The first kappa shape index (κ1) is 18.3. The molecule has 6 nitrogen and oxygen atoms in total. The highest BCUT2D eigenvalue weighted by molar-refractivity contribution is 6.31. The molecule has 0 radical (unpaired) electrons. The number of halogens is 1. The minimum atomic E-state index is -0.684. The van der Waals surface area contributed by atoms with Gasteiger partial charge in [0.15, 0.2) is 13.2 Å². The van der Waals surface area contributed by atoms with Gasteiger partial charge in [-0.05, 0) is 42.8 Å². The van der Waals surface area contributed by atoms with E-state index in [4.69, 9.17) is 26.3 Å². The Balaban J connectivity index is 1.78. The molecule has 0 aliphatic carbocycles. The van der Waals surface area contributed by atoms with Crippen LogP contribution in [0, 0.1) is 18.3 Å². The van der Waals surface area contributed by atoms with Gasteiger partial charge in [-0.2, -0.15) is 5.26 Å². The Morgan fingerprint density at radius 1 is 1.20 bits per heavy atom. The van der Waals surface area contributed by atoms with Crippen molar-refractivity contribution in [3.8, 4) is 11.8 Å². The molecule has 0 aromatic heterocycles. The molecular weight excluding hydrogens is 344 g/mol. The molecule has 0 fully saturated rings. The van der Waals surface area contributed by atoms with Crippen LogP contribution >= 0.6 is 11.6 Å². The minimum Gasteiger partial charge on any atom is -0.482 e. The number of ether oxygens (including phenoxy) is 2. The van der Waals surface area contributed by atoms with Gasteiger partial charge < -0.3 is 14.8 Å². The van der Waals surface area contributed by atoms with E-state index in [0.717, 1.165) is 5.56 Å². The Morgan fingerprint density at radius 2 is 1.96 bits per heavy atom. The number of para-hydroxylation sites is 1. The van der Waals surface area contributed by atoms with Gasteiger partial charge >= 0.3 is 5.97 Å². The highest BCUT2D eigenvalue weighted by Crippen LogP contribution is 2.21. The minimum absolute atomic E-state index is 0.323. The Bertz CT molecular complexity index is 830. The summed E-state index contributed by atoms with van der Waals surface area (Å²) >= 11 is 5.90. The predicted molar refractivity (Wildman–Crippen MR) is 92.4 cm³/mol. The van der Waals surface area contributed by atoms with E-state index in [9.17, 15) is 9.59 Å². The number of amides is 1. The summed E-state index contributed by atoms with van der Waals surface area (Å²) in [4.78, 5) is 23.4. The van der Waals surface area contributed by atoms with Gasteiger partial charge in [-0.3, -0.25) is 4.79 Å². The van der Waals surface area contributed by atoms with E-state index in [1.807, 2.05) is 13.0 Å². The zero-order valence-corrected chi connectivity index (χ0v) is 14.2. The third-order valence-electron chi connectivity index (χ3n) is 3.17. The van der Waals surface area contributed by atoms with E-state index in [-0.39, 0.29) is 6.61 Å². The second-order valence-electron chi connectivity index (χ2n) is 5.07. The van der Waals surface area contributed by atoms with Gasteiger partial charge in [0, 0.05) is 5.02 Å². The van der Waals surface area contributed by atoms with Crippen molar-refractivity contribution in [2.75, 3.05) is 18.5 Å². The van der Waals surface area contributed by atoms with Gasteiger partial charge in [0.25, 0.3) is 5.91 Å². The molecule has 0 bridgehead atoms. The number of hydrogen-bond donors (Lipinski definition) is 1. The van der Waals surface area contributed by atoms with Gasteiger partial charge in [-0.25, -0.2) is 4.79 Å².